The highest BCUT2D eigenvalue weighted by atomic mass is 79.9. The van der Waals surface area contributed by atoms with E-state index >= 15 is 0 Å². The number of hydrogen-bond donors (Lipinski definition) is 1. The zero-order valence-corrected chi connectivity index (χ0v) is 14.3. The van der Waals surface area contributed by atoms with Crippen molar-refractivity contribution in [2.75, 3.05) is 16.8 Å². The van der Waals surface area contributed by atoms with Crippen LogP contribution in [0.1, 0.15) is 12.0 Å². The summed E-state index contributed by atoms with van der Waals surface area (Å²) in [5, 5.41) is 2.91. The standard InChI is InChI=1S/C18H17BrN2O2/c1-12-9-14(7-8-16(12)19)20-18(23)13-10-17(22)21(11-13)15-5-3-2-4-6-15/h2-9,13H,10-11H2,1H3,(H,20,23). The second-order valence-electron chi connectivity index (χ2n) is 5.69. The van der Waals surface area contributed by atoms with Gasteiger partial charge in [-0.15, -0.1) is 0 Å². The molecule has 23 heavy (non-hydrogen) atoms. The first-order valence-corrected chi connectivity index (χ1v) is 8.26. The minimum atomic E-state index is -0.327. The topological polar surface area (TPSA) is 49.4 Å². The van der Waals surface area contributed by atoms with Gasteiger partial charge in [0, 0.05) is 28.8 Å². The lowest BCUT2D eigenvalue weighted by Crippen LogP contribution is -2.28. The number of carbonyl (C=O) groups is 2. The van der Waals surface area contributed by atoms with Crippen molar-refractivity contribution < 1.29 is 9.59 Å². The van der Waals surface area contributed by atoms with E-state index in [1.165, 1.54) is 0 Å². The van der Waals surface area contributed by atoms with Gasteiger partial charge in [-0.25, -0.2) is 0 Å². The Morgan fingerprint density at radius 3 is 2.65 bits per heavy atom. The summed E-state index contributed by atoms with van der Waals surface area (Å²) in [7, 11) is 0. The lowest BCUT2D eigenvalue weighted by atomic mass is 10.1. The van der Waals surface area contributed by atoms with Crippen LogP contribution in [0.4, 0.5) is 11.4 Å². The Morgan fingerprint density at radius 2 is 1.96 bits per heavy atom. The Balaban J connectivity index is 1.69. The van der Waals surface area contributed by atoms with E-state index in [4.69, 9.17) is 0 Å². The van der Waals surface area contributed by atoms with E-state index in [1.807, 2.05) is 55.5 Å². The van der Waals surface area contributed by atoms with Crippen LogP contribution in [-0.2, 0) is 9.59 Å². The number of hydrogen-bond acceptors (Lipinski definition) is 2. The molecule has 2 aromatic carbocycles. The molecule has 0 aliphatic carbocycles. The molecule has 0 aromatic heterocycles. The molecule has 3 rings (SSSR count). The Morgan fingerprint density at radius 1 is 1.22 bits per heavy atom. The molecule has 0 saturated carbocycles. The van der Waals surface area contributed by atoms with Crippen molar-refractivity contribution in [3.8, 4) is 0 Å². The summed E-state index contributed by atoms with van der Waals surface area (Å²) in [6.45, 7) is 2.39. The number of nitrogens with zero attached hydrogens (tertiary/aromatic N) is 1. The van der Waals surface area contributed by atoms with Gasteiger partial charge in [0.1, 0.15) is 0 Å². The maximum absolute atomic E-state index is 12.4. The van der Waals surface area contributed by atoms with Gasteiger partial charge in [-0.05, 0) is 42.8 Å². The minimum absolute atomic E-state index is 0.0108. The van der Waals surface area contributed by atoms with Crippen molar-refractivity contribution in [3.63, 3.8) is 0 Å². The highest BCUT2D eigenvalue weighted by Crippen LogP contribution is 2.26. The van der Waals surface area contributed by atoms with Crippen LogP contribution >= 0.6 is 15.9 Å². The molecule has 1 atom stereocenters. The van der Waals surface area contributed by atoms with Crippen LogP contribution in [0, 0.1) is 12.8 Å². The predicted octanol–water partition coefficient (Wildman–Crippen LogP) is 3.75. The van der Waals surface area contributed by atoms with Crippen LogP contribution in [-0.4, -0.2) is 18.4 Å². The summed E-state index contributed by atoms with van der Waals surface area (Å²) in [6, 6.07) is 15.1. The number of amides is 2. The Labute approximate surface area is 143 Å². The Hall–Kier alpha value is -2.14. The zero-order valence-electron chi connectivity index (χ0n) is 12.8. The predicted molar refractivity (Wildman–Crippen MR) is 94.4 cm³/mol. The summed E-state index contributed by atoms with van der Waals surface area (Å²) < 4.78 is 1.00. The second-order valence-corrected chi connectivity index (χ2v) is 6.55. The maximum Gasteiger partial charge on any atom is 0.229 e. The SMILES string of the molecule is Cc1cc(NC(=O)C2CC(=O)N(c3ccccc3)C2)ccc1Br. The summed E-state index contributed by atoms with van der Waals surface area (Å²) >= 11 is 3.44. The highest BCUT2D eigenvalue weighted by molar-refractivity contribution is 9.10. The third-order valence-corrected chi connectivity index (χ3v) is 4.88. The molecule has 0 bridgehead atoms. The van der Waals surface area contributed by atoms with Crippen molar-refractivity contribution in [2.24, 2.45) is 5.92 Å². The van der Waals surface area contributed by atoms with Gasteiger partial charge in [-0.3, -0.25) is 9.59 Å². The van der Waals surface area contributed by atoms with E-state index in [2.05, 4.69) is 21.2 Å². The molecule has 1 N–H and O–H groups in total. The van der Waals surface area contributed by atoms with Crippen LogP contribution in [0.2, 0.25) is 0 Å². The molecular formula is C18H17BrN2O2. The average Bonchev–Trinajstić information content (AvgIpc) is 2.94. The molecule has 1 aliphatic rings. The smallest absolute Gasteiger partial charge is 0.229 e. The largest absolute Gasteiger partial charge is 0.326 e. The monoisotopic (exact) mass is 372 g/mol. The lowest BCUT2D eigenvalue weighted by molar-refractivity contribution is -0.122. The second kappa shape index (κ2) is 6.54. The summed E-state index contributed by atoms with van der Waals surface area (Å²) in [5.41, 5.74) is 2.64. The van der Waals surface area contributed by atoms with Crippen molar-refractivity contribution in [2.45, 2.75) is 13.3 Å². The molecule has 5 heteroatoms. The molecule has 1 unspecified atom stereocenters. The van der Waals surface area contributed by atoms with Gasteiger partial charge < -0.3 is 10.2 Å². The Bertz CT molecular complexity index is 746. The van der Waals surface area contributed by atoms with Crippen molar-refractivity contribution in [1.29, 1.82) is 0 Å². The number of nitrogens with one attached hydrogen (secondary N) is 1. The number of benzene rings is 2. The quantitative estimate of drug-likeness (QED) is 0.891. The summed E-state index contributed by atoms with van der Waals surface area (Å²) in [4.78, 5) is 26.3. The molecule has 118 valence electrons. The molecule has 0 radical (unpaired) electrons. The van der Waals surface area contributed by atoms with Gasteiger partial charge in [0.05, 0.1) is 5.92 Å². The highest BCUT2D eigenvalue weighted by Gasteiger charge is 2.35. The number of aryl methyl sites for hydroxylation is 1. The van der Waals surface area contributed by atoms with E-state index in [0.717, 1.165) is 21.4 Å². The molecule has 2 amide bonds. The molecule has 4 nitrogen and oxygen atoms in total. The van der Waals surface area contributed by atoms with Gasteiger partial charge in [0.25, 0.3) is 0 Å². The molecule has 0 spiro atoms. The van der Waals surface area contributed by atoms with E-state index in [9.17, 15) is 9.59 Å². The third kappa shape index (κ3) is 3.45. The van der Waals surface area contributed by atoms with Gasteiger partial charge in [-0.2, -0.15) is 0 Å². The summed E-state index contributed by atoms with van der Waals surface area (Å²) in [5.74, 6) is -0.450. The number of anilines is 2. The van der Waals surface area contributed by atoms with E-state index in [1.54, 1.807) is 4.90 Å². The molecule has 1 fully saturated rings. The van der Waals surface area contributed by atoms with E-state index in [0.29, 0.717) is 6.54 Å². The van der Waals surface area contributed by atoms with Crippen LogP contribution < -0.4 is 10.2 Å². The molecular weight excluding hydrogens is 356 g/mol. The number of para-hydroxylation sites is 1. The number of halogens is 1. The van der Waals surface area contributed by atoms with Gasteiger partial charge >= 0.3 is 0 Å². The third-order valence-electron chi connectivity index (χ3n) is 3.99. The fraction of sp³-hybridized carbons (Fsp3) is 0.222. The van der Waals surface area contributed by atoms with Crippen LogP contribution in [0.5, 0.6) is 0 Å². The number of carbonyl (C=O) groups excluding carboxylic acids is 2. The fourth-order valence-corrected chi connectivity index (χ4v) is 2.95. The first-order valence-electron chi connectivity index (χ1n) is 7.47. The van der Waals surface area contributed by atoms with Gasteiger partial charge in [0.15, 0.2) is 0 Å². The fourth-order valence-electron chi connectivity index (χ4n) is 2.71. The lowest BCUT2D eigenvalue weighted by Gasteiger charge is -2.16. The first-order chi connectivity index (χ1) is 11.0. The average molecular weight is 373 g/mol. The van der Waals surface area contributed by atoms with Crippen molar-refractivity contribution in [3.05, 3.63) is 58.6 Å². The van der Waals surface area contributed by atoms with Crippen LogP contribution in [0.15, 0.2) is 53.0 Å². The van der Waals surface area contributed by atoms with E-state index < -0.39 is 0 Å². The maximum atomic E-state index is 12.4. The normalized spacial score (nSPS) is 17.4. The molecule has 1 aliphatic heterocycles. The zero-order chi connectivity index (χ0) is 16.4. The Kier molecular flexibility index (Phi) is 4.48. The number of rotatable bonds is 3. The van der Waals surface area contributed by atoms with Crippen molar-refractivity contribution >= 4 is 39.1 Å². The van der Waals surface area contributed by atoms with Crippen molar-refractivity contribution in [1.82, 2.24) is 0 Å². The van der Waals surface area contributed by atoms with E-state index in [-0.39, 0.29) is 24.2 Å². The molecule has 1 heterocycles. The minimum Gasteiger partial charge on any atom is -0.326 e. The van der Waals surface area contributed by atoms with Crippen LogP contribution in [0.25, 0.3) is 0 Å². The van der Waals surface area contributed by atoms with Crippen LogP contribution in [0.3, 0.4) is 0 Å². The molecule has 1 saturated heterocycles. The molecule has 2 aromatic rings. The summed E-state index contributed by atoms with van der Waals surface area (Å²) in [6.07, 6.45) is 0.246. The van der Waals surface area contributed by atoms with Gasteiger partial charge in [-0.1, -0.05) is 34.1 Å². The first kappa shape index (κ1) is 15.7. The van der Waals surface area contributed by atoms with Gasteiger partial charge in [0.2, 0.25) is 11.8 Å².